The molecule has 0 aliphatic heterocycles. The van der Waals surface area contributed by atoms with Crippen molar-refractivity contribution in [3.05, 3.63) is 29.1 Å². The van der Waals surface area contributed by atoms with Crippen LogP contribution in [0.5, 0.6) is 0 Å². The first kappa shape index (κ1) is 17.0. The van der Waals surface area contributed by atoms with Crippen LogP contribution in [0.3, 0.4) is 0 Å². The summed E-state index contributed by atoms with van der Waals surface area (Å²) >= 11 is 0. The first-order valence-electron chi connectivity index (χ1n) is 6.47. The number of nitrogens with one attached hydrogen (secondary N) is 2. The first-order chi connectivity index (χ1) is 9.27. The largest absolute Gasteiger partial charge is 0.313 e. The molecular weight excluding hydrogens is 281 g/mol. The summed E-state index contributed by atoms with van der Waals surface area (Å²) in [5, 5.41) is 4.44. The average molecular weight is 303 g/mol. The fourth-order valence-electron chi connectivity index (χ4n) is 1.79. The van der Waals surface area contributed by atoms with Crippen LogP contribution >= 0.6 is 0 Å². The van der Waals surface area contributed by atoms with Gasteiger partial charge in [0.15, 0.2) is 0 Å². The van der Waals surface area contributed by atoms with Crippen molar-refractivity contribution in [1.82, 2.24) is 15.2 Å². The van der Waals surface area contributed by atoms with E-state index in [4.69, 9.17) is 0 Å². The highest BCUT2D eigenvalue weighted by atomic mass is 32.2. The number of hydrazine groups is 1. The van der Waals surface area contributed by atoms with Gasteiger partial charge in [-0.3, -0.25) is 0 Å². The summed E-state index contributed by atoms with van der Waals surface area (Å²) in [5.41, 5.74) is 0.735. The third-order valence-corrected chi connectivity index (χ3v) is 4.31. The zero-order valence-electron chi connectivity index (χ0n) is 12.3. The van der Waals surface area contributed by atoms with Gasteiger partial charge in [0, 0.05) is 26.2 Å². The van der Waals surface area contributed by atoms with Gasteiger partial charge in [0.25, 0.3) is 10.0 Å². The van der Waals surface area contributed by atoms with E-state index in [-0.39, 0.29) is 10.5 Å². The molecule has 0 unspecified atom stereocenters. The Balaban J connectivity index is 3.12. The van der Waals surface area contributed by atoms with Crippen molar-refractivity contribution in [1.29, 1.82) is 0 Å². The number of hydrogen-bond donors (Lipinski definition) is 2. The molecule has 0 radical (unpaired) electrons. The van der Waals surface area contributed by atoms with Crippen molar-refractivity contribution in [2.75, 3.05) is 20.6 Å². The van der Waals surface area contributed by atoms with Gasteiger partial charge in [0.2, 0.25) is 0 Å². The number of nitrogens with zero attached hydrogens (tertiary/aromatic N) is 1. The summed E-state index contributed by atoms with van der Waals surface area (Å²) in [5.74, 6) is -0.514. The molecule has 0 aliphatic carbocycles. The van der Waals surface area contributed by atoms with Crippen molar-refractivity contribution in [3.63, 3.8) is 0 Å². The molecule has 0 saturated heterocycles. The number of hydrogen-bond acceptors (Lipinski definition) is 4. The van der Waals surface area contributed by atoms with E-state index in [2.05, 4.69) is 10.1 Å². The molecule has 1 rings (SSSR count). The van der Waals surface area contributed by atoms with E-state index in [1.54, 1.807) is 14.1 Å². The predicted octanol–water partition coefficient (Wildman–Crippen LogP) is 1.39. The van der Waals surface area contributed by atoms with E-state index in [0.717, 1.165) is 13.0 Å². The van der Waals surface area contributed by atoms with Crippen molar-refractivity contribution in [3.8, 4) is 0 Å². The molecule has 0 atom stereocenters. The van der Waals surface area contributed by atoms with Crippen molar-refractivity contribution >= 4 is 10.0 Å². The Morgan fingerprint density at radius 2 is 1.95 bits per heavy atom. The van der Waals surface area contributed by atoms with Crippen LogP contribution < -0.4 is 10.1 Å². The van der Waals surface area contributed by atoms with E-state index in [9.17, 15) is 12.8 Å². The molecule has 1 aromatic rings. The molecular formula is C13H22FN3O2S. The van der Waals surface area contributed by atoms with Gasteiger partial charge in [-0.2, -0.15) is 0 Å². The maximum absolute atomic E-state index is 13.9. The molecule has 2 N–H and O–H groups in total. The van der Waals surface area contributed by atoms with E-state index in [0.29, 0.717) is 12.1 Å². The fourth-order valence-corrected chi connectivity index (χ4v) is 3.17. The number of sulfonamides is 1. The molecule has 0 amide bonds. The highest BCUT2D eigenvalue weighted by Crippen LogP contribution is 2.20. The Morgan fingerprint density at radius 3 is 2.50 bits per heavy atom. The Morgan fingerprint density at radius 1 is 1.30 bits per heavy atom. The van der Waals surface area contributed by atoms with Crippen LogP contribution in [0.25, 0.3) is 0 Å². The minimum absolute atomic E-state index is 0.0282. The number of halogens is 1. The highest BCUT2D eigenvalue weighted by Gasteiger charge is 2.20. The van der Waals surface area contributed by atoms with Gasteiger partial charge < -0.3 is 5.32 Å². The quantitative estimate of drug-likeness (QED) is 0.590. The van der Waals surface area contributed by atoms with Gasteiger partial charge >= 0.3 is 0 Å². The smallest absolute Gasteiger partial charge is 0.253 e. The van der Waals surface area contributed by atoms with Gasteiger partial charge in [0.1, 0.15) is 5.82 Å². The molecule has 0 saturated carbocycles. The van der Waals surface area contributed by atoms with E-state index >= 15 is 0 Å². The fraction of sp³-hybridized carbons (Fsp3) is 0.538. The number of rotatable bonds is 7. The lowest BCUT2D eigenvalue weighted by molar-refractivity contribution is 0.363. The van der Waals surface area contributed by atoms with Crippen LogP contribution in [0.15, 0.2) is 17.0 Å². The summed E-state index contributed by atoms with van der Waals surface area (Å²) in [6, 6.07) is 2.87. The lowest BCUT2D eigenvalue weighted by Crippen LogP contribution is -2.36. The molecule has 0 spiro atoms. The highest BCUT2D eigenvalue weighted by molar-refractivity contribution is 7.89. The molecule has 0 aromatic heterocycles. The monoisotopic (exact) mass is 303 g/mol. The van der Waals surface area contributed by atoms with Gasteiger partial charge in [-0.15, -0.1) is 4.83 Å². The van der Waals surface area contributed by atoms with Gasteiger partial charge in [-0.05, 0) is 37.6 Å². The van der Waals surface area contributed by atoms with Crippen LogP contribution in [0.1, 0.15) is 24.5 Å². The maximum atomic E-state index is 13.9. The molecule has 1 aromatic carbocycles. The van der Waals surface area contributed by atoms with Crippen molar-refractivity contribution in [2.24, 2.45) is 0 Å². The van der Waals surface area contributed by atoms with Gasteiger partial charge in [0.05, 0.1) is 4.90 Å². The predicted molar refractivity (Wildman–Crippen MR) is 77.1 cm³/mol. The zero-order valence-corrected chi connectivity index (χ0v) is 13.1. The van der Waals surface area contributed by atoms with Gasteiger partial charge in [-0.25, -0.2) is 17.8 Å². The van der Waals surface area contributed by atoms with Gasteiger partial charge in [-0.1, -0.05) is 6.92 Å². The molecule has 0 bridgehead atoms. The second-order valence-electron chi connectivity index (χ2n) is 4.87. The van der Waals surface area contributed by atoms with Crippen molar-refractivity contribution in [2.45, 2.75) is 31.7 Å². The summed E-state index contributed by atoms with van der Waals surface area (Å²) < 4.78 is 38.2. The Kier molecular flexibility index (Phi) is 6.07. The van der Waals surface area contributed by atoms with Crippen LogP contribution in [0.4, 0.5) is 4.39 Å². The lowest BCUT2D eigenvalue weighted by Gasteiger charge is -2.15. The van der Waals surface area contributed by atoms with E-state index < -0.39 is 15.8 Å². The lowest BCUT2D eigenvalue weighted by atomic mass is 10.1. The van der Waals surface area contributed by atoms with Crippen LogP contribution in [0, 0.1) is 12.7 Å². The van der Waals surface area contributed by atoms with Crippen LogP contribution in [0.2, 0.25) is 0 Å². The number of benzene rings is 1. The summed E-state index contributed by atoms with van der Waals surface area (Å²) in [6.07, 6.45) is 0.960. The Bertz CT molecular complexity index is 559. The molecule has 7 heteroatoms. The zero-order chi connectivity index (χ0) is 15.3. The third-order valence-electron chi connectivity index (χ3n) is 2.70. The Hall–Kier alpha value is -1.02. The molecule has 0 aliphatic rings. The standard InChI is InChI=1S/C13H22FN3O2S/c1-5-6-15-9-11-7-12(14)10(2)13(8-11)20(18,19)16-17(3)4/h7-8,15-16H,5-6,9H2,1-4H3. The normalized spacial score (nSPS) is 12.1. The van der Waals surface area contributed by atoms with E-state index in [1.165, 1.54) is 24.1 Å². The van der Waals surface area contributed by atoms with Crippen LogP contribution in [-0.4, -0.2) is 34.1 Å². The topological polar surface area (TPSA) is 61.4 Å². The first-order valence-corrected chi connectivity index (χ1v) is 7.95. The molecule has 0 heterocycles. The molecule has 114 valence electrons. The second kappa shape index (κ2) is 7.12. The third kappa shape index (κ3) is 4.52. The SMILES string of the molecule is CCCNCc1cc(F)c(C)c(S(=O)(=O)NN(C)C)c1. The maximum Gasteiger partial charge on any atom is 0.253 e. The van der Waals surface area contributed by atoms with E-state index in [1.807, 2.05) is 6.92 Å². The summed E-state index contributed by atoms with van der Waals surface area (Å²) in [7, 11) is -0.627. The average Bonchev–Trinajstić information content (AvgIpc) is 2.31. The summed E-state index contributed by atoms with van der Waals surface area (Å²) in [4.78, 5) is 2.29. The molecule has 5 nitrogen and oxygen atoms in total. The second-order valence-corrected chi connectivity index (χ2v) is 6.50. The Labute approximate surface area is 120 Å². The van der Waals surface area contributed by atoms with Crippen LogP contribution in [-0.2, 0) is 16.6 Å². The minimum atomic E-state index is -3.76. The molecule has 0 fully saturated rings. The molecule has 20 heavy (non-hydrogen) atoms. The summed E-state index contributed by atoms with van der Waals surface area (Å²) in [6.45, 7) is 4.73. The minimum Gasteiger partial charge on any atom is -0.313 e. The van der Waals surface area contributed by atoms with Crippen molar-refractivity contribution < 1.29 is 12.8 Å².